The number of benzene rings is 2. The van der Waals surface area contributed by atoms with Crippen molar-refractivity contribution in [2.45, 2.75) is 59.2 Å². The molecule has 0 aliphatic heterocycles. The molecule has 5 nitrogen and oxygen atoms in total. The second kappa shape index (κ2) is 12.1. The highest BCUT2D eigenvalue weighted by atomic mass is 35.5. The van der Waals surface area contributed by atoms with Gasteiger partial charge in [-0.05, 0) is 55.2 Å². The van der Waals surface area contributed by atoms with Gasteiger partial charge in [0.25, 0.3) is 0 Å². The minimum Gasteiger partial charge on any atom is -0.382 e. The maximum atomic E-state index is 9.01. The van der Waals surface area contributed by atoms with E-state index in [4.69, 9.17) is 28.5 Å². The first-order chi connectivity index (χ1) is 15.9. The minimum absolute atomic E-state index is 0.259. The fourth-order valence-corrected chi connectivity index (χ4v) is 4.26. The highest BCUT2D eigenvalue weighted by Gasteiger charge is 2.15. The van der Waals surface area contributed by atoms with E-state index in [0.717, 1.165) is 47.8 Å². The van der Waals surface area contributed by atoms with Crippen molar-refractivity contribution in [2.24, 2.45) is 0 Å². The third-order valence-electron chi connectivity index (χ3n) is 6.01. The number of halogens is 2. The van der Waals surface area contributed by atoms with Gasteiger partial charge in [-0.1, -0.05) is 61.2 Å². The Kier molecular flexibility index (Phi) is 9.20. The van der Waals surface area contributed by atoms with Gasteiger partial charge in [0.05, 0.1) is 34.4 Å². The summed E-state index contributed by atoms with van der Waals surface area (Å²) in [5.41, 5.74) is 6.10. The monoisotopic (exact) mass is 483 g/mol. The van der Waals surface area contributed by atoms with Crippen LogP contribution < -0.4 is 10.6 Å². The van der Waals surface area contributed by atoms with Crippen molar-refractivity contribution in [3.63, 3.8) is 0 Å². The smallest absolute Gasteiger partial charge is 0.151 e. The molecule has 3 aromatic rings. The van der Waals surface area contributed by atoms with Crippen LogP contribution in [0.3, 0.4) is 0 Å². The number of rotatable bonds is 11. The molecule has 0 amide bonds. The SMILES string of the molecule is CCCC[C@@H](CNc1c(Cl)ccc(C)c1C)NCc1c(Cl)ncn1Cc1ccc(C#N)cc1. The molecule has 7 heteroatoms. The molecular weight excluding hydrogens is 453 g/mol. The van der Waals surface area contributed by atoms with Crippen LogP contribution in [0.25, 0.3) is 0 Å². The lowest BCUT2D eigenvalue weighted by Gasteiger charge is -2.22. The number of nitriles is 1. The number of aromatic nitrogens is 2. The molecule has 0 radical (unpaired) electrons. The number of nitrogens with zero attached hydrogens (tertiary/aromatic N) is 3. The van der Waals surface area contributed by atoms with E-state index in [9.17, 15) is 0 Å². The molecule has 33 heavy (non-hydrogen) atoms. The van der Waals surface area contributed by atoms with Gasteiger partial charge >= 0.3 is 0 Å². The zero-order valence-corrected chi connectivity index (χ0v) is 21.0. The Morgan fingerprint density at radius 3 is 2.58 bits per heavy atom. The Bertz CT molecular complexity index is 1100. The predicted octanol–water partition coefficient (Wildman–Crippen LogP) is 6.49. The Morgan fingerprint density at radius 1 is 1.12 bits per heavy atom. The van der Waals surface area contributed by atoms with Crippen LogP contribution in [0.2, 0.25) is 10.2 Å². The van der Waals surface area contributed by atoms with E-state index in [2.05, 4.69) is 47.0 Å². The average molecular weight is 484 g/mol. The summed E-state index contributed by atoms with van der Waals surface area (Å²) in [6, 6.07) is 14.0. The summed E-state index contributed by atoms with van der Waals surface area (Å²) >= 11 is 12.9. The lowest BCUT2D eigenvalue weighted by molar-refractivity contribution is 0.471. The van der Waals surface area contributed by atoms with Crippen molar-refractivity contribution in [3.05, 3.63) is 80.8 Å². The first kappa shape index (κ1) is 25.1. The molecule has 0 aliphatic rings. The van der Waals surface area contributed by atoms with E-state index in [0.29, 0.717) is 23.8 Å². The quantitative estimate of drug-likeness (QED) is 0.327. The van der Waals surface area contributed by atoms with Gasteiger partial charge in [0.2, 0.25) is 0 Å². The van der Waals surface area contributed by atoms with Crippen LogP contribution in [0, 0.1) is 25.2 Å². The Hall–Kier alpha value is -2.52. The number of anilines is 1. The van der Waals surface area contributed by atoms with Crippen molar-refractivity contribution in [1.29, 1.82) is 5.26 Å². The van der Waals surface area contributed by atoms with E-state index >= 15 is 0 Å². The Labute approximate surface area is 206 Å². The maximum absolute atomic E-state index is 9.01. The summed E-state index contributed by atoms with van der Waals surface area (Å²) in [5, 5.41) is 17.5. The molecule has 0 aliphatic carbocycles. The zero-order valence-electron chi connectivity index (χ0n) is 19.5. The molecule has 1 heterocycles. The summed E-state index contributed by atoms with van der Waals surface area (Å²) in [5.74, 6) is 0. The molecule has 0 unspecified atom stereocenters. The van der Waals surface area contributed by atoms with E-state index in [-0.39, 0.29) is 6.04 Å². The Morgan fingerprint density at radius 2 is 1.88 bits per heavy atom. The molecule has 0 spiro atoms. The number of hydrogen-bond donors (Lipinski definition) is 2. The molecule has 3 rings (SSSR count). The summed E-state index contributed by atoms with van der Waals surface area (Å²) in [6.07, 6.45) is 5.10. The largest absolute Gasteiger partial charge is 0.382 e. The van der Waals surface area contributed by atoms with E-state index < -0.39 is 0 Å². The number of imidazole rings is 1. The fourth-order valence-electron chi connectivity index (χ4n) is 3.77. The normalized spacial score (nSPS) is 11.9. The highest BCUT2D eigenvalue weighted by molar-refractivity contribution is 6.33. The van der Waals surface area contributed by atoms with Crippen LogP contribution >= 0.6 is 23.2 Å². The molecule has 0 bridgehead atoms. The van der Waals surface area contributed by atoms with Gasteiger partial charge in [0.15, 0.2) is 5.15 Å². The maximum Gasteiger partial charge on any atom is 0.151 e. The number of unbranched alkanes of at least 4 members (excludes halogenated alkanes) is 1. The lowest BCUT2D eigenvalue weighted by Crippen LogP contribution is -2.36. The molecule has 2 aromatic carbocycles. The number of hydrogen-bond acceptors (Lipinski definition) is 4. The predicted molar refractivity (Wildman–Crippen MR) is 137 cm³/mol. The van der Waals surface area contributed by atoms with Crippen LogP contribution in [0.15, 0.2) is 42.7 Å². The second-order valence-electron chi connectivity index (χ2n) is 8.38. The van der Waals surface area contributed by atoms with E-state index in [1.807, 2.05) is 36.4 Å². The summed E-state index contributed by atoms with van der Waals surface area (Å²) in [4.78, 5) is 4.32. The molecule has 0 saturated heterocycles. The molecule has 1 atom stereocenters. The molecule has 174 valence electrons. The first-order valence-electron chi connectivity index (χ1n) is 11.3. The van der Waals surface area contributed by atoms with Crippen LogP contribution in [0.4, 0.5) is 5.69 Å². The van der Waals surface area contributed by atoms with Gasteiger partial charge in [-0.2, -0.15) is 5.26 Å². The topological polar surface area (TPSA) is 65.7 Å². The van der Waals surface area contributed by atoms with Crippen LogP contribution in [0.5, 0.6) is 0 Å². The molecule has 2 N–H and O–H groups in total. The standard InChI is InChI=1S/C26H31Cl2N5/c1-4-5-6-22(14-31-25-19(3)18(2)7-12-23(25)27)30-15-24-26(28)32-17-33(24)16-21-10-8-20(13-29)9-11-21/h7-12,17,22,30-31H,4-6,14-16H2,1-3H3/t22-/m0/s1. The molecule has 0 fully saturated rings. The summed E-state index contributed by atoms with van der Waals surface area (Å²) < 4.78 is 2.06. The molecular formula is C26H31Cl2N5. The van der Waals surface area contributed by atoms with Crippen molar-refractivity contribution < 1.29 is 0 Å². The van der Waals surface area contributed by atoms with Crippen molar-refractivity contribution in [2.75, 3.05) is 11.9 Å². The third kappa shape index (κ3) is 6.74. The molecule has 1 aromatic heterocycles. The lowest BCUT2D eigenvalue weighted by atomic mass is 10.1. The number of aryl methyl sites for hydroxylation is 1. The van der Waals surface area contributed by atoms with Crippen molar-refractivity contribution in [3.8, 4) is 6.07 Å². The van der Waals surface area contributed by atoms with Crippen molar-refractivity contribution in [1.82, 2.24) is 14.9 Å². The van der Waals surface area contributed by atoms with Gasteiger partial charge in [-0.15, -0.1) is 0 Å². The zero-order chi connectivity index (χ0) is 23.8. The van der Waals surface area contributed by atoms with Gasteiger partial charge in [-0.25, -0.2) is 4.98 Å². The van der Waals surface area contributed by atoms with Crippen LogP contribution in [-0.4, -0.2) is 22.1 Å². The van der Waals surface area contributed by atoms with Crippen LogP contribution in [0.1, 0.15) is 54.1 Å². The van der Waals surface area contributed by atoms with Crippen molar-refractivity contribution >= 4 is 28.9 Å². The van der Waals surface area contributed by atoms with E-state index in [1.165, 1.54) is 11.1 Å². The second-order valence-corrected chi connectivity index (χ2v) is 9.15. The third-order valence-corrected chi connectivity index (χ3v) is 6.64. The van der Waals surface area contributed by atoms with E-state index in [1.54, 1.807) is 6.33 Å². The average Bonchev–Trinajstić information content (AvgIpc) is 3.17. The highest BCUT2D eigenvalue weighted by Crippen LogP contribution is 2.28. The van der Waals surface area contributed by atoms with Gasteiger partial charge < -0.3 is 15.2 Å². The van der Waals surface area contributed by atoms with Crippen LogP contribution in [-0.2, 0) is 13.1 Å². The minimum atomic E-state index is 0.259. The number of nitrogens with one attached hydrogen (secondary N) is 2. The summed E-state index contributed by atoms with van der Waals surface area (Å²) in [6.45, 7) is 8.44. The molecule has 0 saturated carbocycles. The van der Waals surface area contributed by atoms with Gasteiger partial charge in [0, 0.05) is 25.7 Å². The van der Waals surface area contributed by atoms with Gasteiger partial charge in [0.1, 0.15) is 0 Å². The Balaban J connectivity index is 1.68. The fraction of sp³-hybridized carbons (Fsp3) is 0.385. The summed E-state index contributed by atoms with van der Waals surface area (Å²) in [7, 11) is 0. The first-order valence-corrected chi connectivity index (χ1v) is 12.1. The van der Waals surface area contributed by atoms with Gasteiger partial charge in [-0.3, -0.25) is 0 Å².